The van der Waals surface area contributed by atoms with Gasteiger partial charge in [-0.15, -0.1) is 11.3 Å². The fourth-order valence-electron chi connectivity index (χ4n) is 4.60. The van der Waals surface area contributed by atoms with Gasteiger partial charge in [0.15, 0.2) is 0 Å². The molecular formula is C29H33N3O4S. The average molecular weight is 520 g/mol. The number of aromatic nitrogens is 1. The SMILES string of the molecule is CCOCc1cccc(NC(=O)c2cc3sccc3n2C)c1COc1ccc(OC2CCNCC2)cc1. The van der Waals surface area contributed by atoms with Gasteiger partial charge in [0.25, 0.3) is 5.91 Å². The number of nitrogens with one attached hydrogen (secondary N) is 2. The summed E-state index contributed by atoms with van der Waals surface area (Å²) in [6, 6.07) is 17.6. The standard InChI is InChI=1S/C29H33N3O4S/c1-3-34-18-20-5-4-6-25(31-29(33)27-17-28-26(32(27)2)13-16-37-28)24(20)19-35-21-7-9-22(10-8-21)36-23-11-14-30-15-12-23/h4-10,13,16-17,23,30H,3,11-12,14-15,18-19H2,1-2H3,(H,31,33). The van der Waals surface area contributed by atoms with Crippen molar-refractivity contribution >= 4 is 33.1 Å². The van der Waals surface area contributed by atoms with Crippen molar-refractivity contribution in [3.63, 3.8) is 0 Å². The number of ether oxygens (including phenoxy) is 3. The lowest BCUT2D eigenvalue weighted by atomic mass is 10.1. The zero-order valence-corrected chi connectivity index (χ0v) is 22.1. The molecule has 8 heteroatoms. The number of benzene rings is 2. The molecule has 1 aliphatic rings. The number of aryl methyl sites for hydroxylation is 1. The van der Waals surface area contributed by atoms with Gasteiger partial charge in [0.05, 0.1) is 16.8 Å². The first kappa shape index (κ1) is 25.3. The number of rotatable bonds is 10. The Morgan fingerprint density at radius 2 is 1.86 bits per heavy atom. The molecule has 1 amide bonds. The Balaban J connectivity index is 1.31. The maximum absolute atomic E-state index is 13.2. The molecule has 194 valence electrons. The van der Waals surface area contributed by atoms with E-state index >= 15 is 0 Å². The Morgan fingerprint density at radius 1 is 1.08 bits per heavy atom. The van der Waals surface area contributed by atoms with Gasteiger partial charge >= 0.3 is 0 Å². The number of nitrogens with zero attached hydrogens (tertiary/aromatic N) is 1. The van der Waals surface area contributed by atoms with E-state index in [1.807, 2.05) is 78.5 Å². The van der Waals surface area contributed by atoms with E-state index in [1.165, 1.54) is 0 Å². The van der Waals surface area contributed by atoms with Gasteiger partial charge in [-0.25, -0.2) is 0 Å². The first-order valence-electron chi connectivity index (χ1n) is 12.8. The zero-order valence-electron chi connectivity index (χ0n) is 21.3. The number of piperidine rings is 1. The second-order valence-electron chi connectivity index (χ2n) is 9.12. The van der Waals surface area contributed by atoms with Crippen LogP contribution < -0.4 is 20.1 Å². The number of amides is 1. The minimum atomic E-state index is -0.153. The molecule has 0 bridgehead atoms. The highest BCUT2D eigenvalue weighted by molar-refractivity contribution is 7.17. The minimum Gasteiger partial charge on any atom is -0.490 e. The Kier molecular flexibility index (Phi) is 8.08. The van der Waals surface area contributed by atoms with E-state index in [-0.39, 0.29) is 12.0 Å². The third-order valence-corrected chi connectivity index (χ3v) is 7.53. The largest absolute Gasteiger partial charge is 0.490 e. The number of hydrogen-bond acceptors (Lipinski definition) is 6. The lowest BCUT2D eigenvalue weighted by Crippen LogP contribution is -2.34. The maximum atomic E-state index is 13.2. The Bertz CT molecular complexity index is 1340. The average Bonchev–Trinajstić information content (AvgIpc) is 3.51. The summed E-state index contributed by atoms with van der Waals surface area (Å²) < 4.78 is 21.0. The van der Waals surface area contributed by atoms with Crippen molar-refractivity contribution in [2.45, 2.75) is 39.1 Å². The fraction of sp³-hybridized carbons (Fsp3) is 0.345. The van der Waals surface area contributed by atoms with Crippen molar-refractivity contribution in [1.82, 2.24) is 9.88 Å². The van der Waals surface area contributed by atoms with Crippen molar-refractivity contribution in [1.29, 1.82) is 0 Å². The molecule has 0 spiro atoms. The number of hydrogen-bond donors (Lipinski definition) is 2. The van der Waals surface area contributed by atoms with Crippen LogP contribution in [0.2, 0.25) is 0 Å². The molecule has 1 aliphatic heterocycles. The van der Waals surface area contributed by atoms with Crippen LogP contribution >= 0.6 is 11.3 Å². The number of carbonyl (C=O) groups is 1. The van der Waals surface area contributed by atoms with E-state index in [2.05, 4.69) is 10.6 Å². The molecule has 3 heterocycles. The lowest BCUT2D eigenvalue weighted by Gasteiger charge is -2.23. The number of anilines is 1. The smallest absolute Gasteiger partial charge is 0.272 e. The van der Waals surface area contributed by atoms with E-state index < -0.39 is 0 Å². The summed E-state index contributed by atoms with van der Waals surface area (Å²) in [5, 5.41) is 8.50. The van der Waals surface area contributed by atoms with Crippen LogP contribution in [0.4, 0.5) is 5.69 Å². The van der Waals surface area contributed by atoms with Gasteiger partial charge in [-0.05, 0) is 86.3 Å². The third kappa shape index (κ3) is 5.98. The van der Waals surface area contributed by atoms with Crippen LogP contribution in [0.1, 0.15) is 41.4 Å². The van der Waals surface area contributed by atoms with Crippen LogP contribution in [-0.4, -0.2) is 36.3 Å². The first-order valence-corrected chi connectivity index (χ1v) is 13.6. The lowest BCUT2D eigenvalue weighted by molar-refractivity contribution is 0.101. The van der Waals surface area contributed by atoms with Crippen LogP contribution in [0.15, 0.2) is 60.0 Å². The molecule has 0 radical (unpaired) electrons. The molecule has 2 aromatic carbocycles. The van der Waals surface area contributed by atoms with Gasteiger partial charge in [-0.3, -0.25) is 4.79 Å². The van der Waals surface area contributed by atoms with Crippen molar-refractivity contribution < 1.29 is 19.0 Å². The highest BCUT2D eigenvalue weighted by atomic mass is 32.1. The normalized spacial score (nSPS) is 14.1. The molecule has 1 saturated heterocycles. The number of thiophene rings is 1. The monoisotopic (exact) mass is 519 g/mol. The molecule has 4 aromatic rings. The van der Waals surface area contributed by atoms with Gasteiger partial charge in [0.2, 0.25) is 0 Å². The van der Waals surface area contributed by atoms with Crippen molar-refractivity contribution in [2.24, 2.45) is 7.05 Å². The highest BCUT2D eigenvalue weighted by Crippen LogP contribution is 2.28. The molecule has 0 aliphatic carbocycles. The fourth-order valence-corrected chi connectivity index (χ4v) is 5.45. The zero-order chi connectivity index (χ0) is 25.6. The Hall–Kier alpha value is -3.33. The summed E-state index contributed by atoms with van der Waals surface area (Å²) in [4.78, 5) is 13.2. The molecule has 5 rings (SSSR count). The molecule has 7 nitrogen and oxygen atoms in total. The third-order valence-electron chi connectivity index (χ3n) is 6.68. The van der Waals surface area contributed by atoms with Crippen LogP contribution in [0, 0.1) is 0 Å². The minimum absolute atomic E-state index is 0.153. The summed E-state index contributed by atoms with van der Waals surface area (Å²) in [6.07, 6.45) is 2.29. The van der Waals surface area contributed by atoms with Crippen LogP contribution in [-0.2, 0) is 25.0 Å². The van der Waals surface area contributed by atoms with E-state index in [1.54, 1.807) is 11.3 Å². The van der Waals surface area contributed by atoms with E-state index in [0.717, 1.165) is 64.5 Å². The van der Waals surface area contributed by atoms with Crippen molar-refractivity contribution in [3.8, 4) is 11.5 Å². The molecule has 1 fully saturated rings. The number of carbonyl (C=O) groups excluding carboxylic acids is 1. The molecule has 0 saturated carbocycles. The summed E-state index contributed by atoms with van der Waals surface area (Å²) in [7, 11) is 1.91. The van der Waals surface area contributed by atoms with Gasteiger partial charge < -0.3 is 29.4 Å². The predicted octanol–water partition coefficient (Wildman–Crippen LogP) is 5.74. The first-order chi connectivity index (χ1) is 18.1. The van der Waals surface area contributed by atoms with E-state index in [9.17, 15) is 4.79 Å². The molecule has 2 aromatic heterocycles. The summed E-state index contributed by atoms with van der Waals surface area (Å²) in [5.74, 6) is 1.44. The Morgan fingerprint density at radius 3 is 2.62 bits per heavy atom. The van der Waals surface area contributed by atoms with Crippen molar-refractivity contribution in [2.75, 3.05) is 25.0 Å². The molecular weight excluding hydrogens is 486 g/mol. The van der Waals surface area contributed by atoms with Crippen LogP contribution in [0.25, 0.3) is 10.2 Å². The maximum Gasteiger partial charge on any atom is 0.272 e. The summed E-state index contributed by atoms with van der Waals surface area (Å²) in [5.41, 5.74) is 4.27. The Labute approximate surface area is 221 Å². The van der Waals surface area contributed by atoms with E-state index in [4.69, 9.17) is 14.2 Å². The van der Waals surface area contributed by atoms with Gasteiger partial charge in [-0.2, -0.15) is 0 Å². The van der Waals surface area contributed by atoms with E-state index in [0.29, 0.717) is 25.5 Å². The van der Waals surface area contributed by atoms with Gasteiger partial charge in [0, 0.05) is 24.9 Å². The quantitative estimate of drug-likeness (QED) is 0.280. The topological polar surface area (TPSA) is 73.8 Å². The summed E-state index contributed by atoms with van der Waals surface area (Å²) in [6.45, 7) is 5.31. The van der Waals surface area contributed by atoms with Crippen LogP contribution in [0.3, 0.4) is 0 Å². The predicted molar refractivity (Wildman–Crippen MR) is 148 cm³/mol. The second-order valence-corrected chi connectivity index (χ2v) is 10.1. The van der Waals surface area contributed by atoms with Crippen LogP contribution in [0.5, 0.6) is 11.5 Å². The second kappa shape index (κ2) is 11.8. The molecule has 0 atom stereocenters. The van der Waals surface area contributed by atoms with Gasteiger partial charge in [0.1, 0.15) is 29.9 Å². The van der Waals surface area contributed by atoms with Gasteiger partial charge in [-0.1, -0.05) is 12.1 Å². The molecule has 37 heavy (non-hydrogen) atoms. The molecule has 0 unspecified atom stereocenters. The highest BCUT2D eigenvalue weighted by Gasteiger charge is 2.18. The van der Waals surface area contributed by atoms with Crippen molar-refractivity contribution in [3.05, 3.63) is 76.8 Å². The number of fused-ring (bicyclic) bond motifs is 1. The summed E-state index contributed by atoms with van der Waals surface area (Å²) >= 11 is 1.63. The molecule has 2 N–H and O–H groups in total.